The van der Waals surface area contributed by atoms with Crippen LogP contribution >= 0.6 is 0 Å². The van der Waals surface area contributed by atoms with E-state index in [1.807, 2.05) is 27.7 Å². The summed E-state index contributed by atoms with van der Waals surface area (Å²) in [5, 5.41) is 0. The summed E-state index contributed by atoms with van der Waals surface area (Å²) >= 11 is 0. The zero-order valence-electron chi connectivity index (χ0n) is 10.0. The van der Waals surface area contributed by atoms with Gasteiger partial charge >= 0.3 is 6.18 Å². The molecule has 0 aliphatic heterocycles. The molecular formula is C13H17F3. The summed E-state index contributed by atoms with van der Waals surface area (Å²) < 4.78 is 37.7. The lowest BCUT2D eigenvalue weighted by atomic mass is 9.75. The molecule has 0 amide bonds. The molecule has 0 bridgehead atoms. The van der Waals surface area contributed by atoms with Crippen molar-refractivity contribution in [3.8, 4) is 0 Å². The highest BCUT2D eigenvalue weighted by Crippen LogP contribution is 2.35. The fraction of sp³-hybridized carbons (Fsp3) is 0.538. The van der Waals surface area contributed by atoms with Crippen molar-refractivity contribution in [2.45, 2.75) is 39.3 Å². The molecular weight excluding hydrogens is 213 g/mol. The zero-order chi connectivity index (χ0) is 12.6. The topological polar surface area (TPSA) is 0 Å². The van der Waals surface area contributed by atoms with Gasteiger partial charge in [-0.3, -0.25) is 0 Å². The Morgan fingerprint density at radius 2 is 1.50 bits per heavy atom. The second-order valence-electron chi connectivity index (χ2n) is 4.95. The summed E-state index contributed by atoms with van der Waals surface area (Å²) in [6.07, 6.45) is -4.26. The second-order valence-corrected chi connectivity index (χ2v) is 4.95. The van der Waals surface area contributed by atoms with Crippen molar-refractivity contribution >= 4 is 0 Å². The van der Waals surface area contributed by atoms with Gasteiger partial charge in [-0.25, -0.2) is 0 Å². The fourth-order valence-corrected chi connectivity index (χ4v) is 1.43. The van der Waals surface area contributed by atoms with Crippen molar-refractivity contribution in [3.63, 3.8) is 0 Å². The predicted octanol–water partition coefficient (Wildman–Crippen LogP) is 4.64. The average molecular weight is 230 g/mol. The molecule has 1 aromatic rings. The standard InChI is InChI=1S/C13H17F3/c1-9(2)12(3,4)10-6-5-7-11(8-10)13(14,15)16/h5-9H,1-4H3. The third-order valence-electron chi connectivity index (χ3n) is 3.38. The van der Waals surface area contributed by atoms with Crippen LogP contribution in [-0.2, 0) is 11.6 Å². The largest absolute Gasteiger partial charge is 0.416 e. The Morgan fingerprint density at radius 3 is 1.94 bits per heavy atom. The third-order valence-corrected chi connectivity index (χ3v) is 3.38. The molecule has 0 saturated carbocycles. The third kappa shape index (κ3) is 2.57. The Kier molecular flexibility index (Phi) is 3.36. The van der Waals surface area contributed by atoms with E-state index in [1.165, 1.54) is 12.1 Å². The van der Waals surface area contributed by atoms with Gasteiger partial charge in [0, 0.05) is 0 Å². The molecule has 0 nitrogen and oxygen atoms in total. The van der Waals surface area contributed by atoms with E-state index in [1.54, 1.807) is 6.07 Å². The van der Waals surface area contributed by atoms with Crippen LogP contribution in [0.4, 0.5) is 13.2 Å². The first-order chi connectivity index (χ1) is 7.15. The summed E-state index contributed by atoms with van der Waals surface area (Å²) in [5.41, 5.74) is -0.0857. The summed E-state index contributed by atoms with van der Waals surface area (Å²) in [7, 11) is 0. The van der Waals surface area contributed by atoms with Gasteiger partial charge in [0.25, 0.3) is 0 Å². The van der Waals surface area contributed by atoms with Crippen molar-refractivity contribution in [3.05, 3.63) is 35.4 Å². The molecule has 0 fully saturated rings. The highest BCUT2D eigenvalue weighted by molar-refractivity contribution is 5.31. The van der Waals surface area contributed by atoms with Crippen LogP contribution in [0.2, 0.25) is 0 Å². The van der Waals surface area contributed by atoms with E-state index in [0.29, 0.717) is 0 Å². The molecule has 1 rings (SSSR count). The molecule has 0 spiro atoms. The van der Waals surface area contributed by atoms with Crippen molar-refractivity contribution in [1.29, 1.82) is 0 Å². The number of hydrogen-bond donors (Lipinski definition) is 0. The molecule has 0 aliphatic rings. The minimum Gasteiger partial charge on any atom is -0.166 e. The molecule has 1 aromatic carbocycles. The van der Waals surface area contributed by atoms with Crippen LogP contribution in [0, 0.1) is 5.92 Å². The number of hydrogen-bond acceptors (Lipinski definition) is 0. The molecule has 0 aliphatic carbocycles. The highest BCUT2D eigenvalue weighted by Gasteiger charge is 2.32. The first-order valence-corrected chi connectivity index (χ1v) is 5.33. The Hall–Kier alpha value is -0.990. The van der Waals surface area contributed by atoms with E-state index >= 15 is 0 Å². The average Bonchev–Trinajstić information content (AvgIpc) is 2.16. The number of halogens is 3. The number of alkyl halides is 3. The van der Waals surface area contributed by atoms with Gasteiger partial charge in [-0.15, -0.1) is 0 Å². The Labute approximate surface area is 94.5 Å². The number of benzene rings is 1. The van der Waals surface area contributed by atoms with Crippen LogP contribution in [0.5, 0.6) is 0 Å². The molecule has 0 atom stereocenters. The van der Waals surface area contributed by atoms with E-state index in [-0.39, 0.29) is 11.3 Å². The lowest BCUT2D eigenvalue weighted by Gasteiger charge is -2.30. The van der Waals surface area contributed by atoms with Crippen LogP contribution < -0.4 is 0 Å². The van der Waals surface area contributed by atoms with Crippen LogP contribution in [-0.4, -0.2) is 0 Å². The lowest BCUT2D eigenvalue weighted by molar-refractivity contribution is -0.137. The van der Waals surface area contributed by atoms with Crippen LogP contribution in [0.3, 0.4) is 0 Å². The van der Waals surface area contributed by atoms with Crippen LogP contribution in [0.25, 0.3) is 0 Å². The van der Waals surface area contributed by atoms with Gasteiger partial charge in [-0.2, -0.15) is 13.2 Å². The Bertz CT molecular complexity index is 362. The second kappa shape index (κ2) is 4.11. The lowest BCUT2D eigenvalue weighted by Crippen LogP contribution is -2.24. The molecule has 16 heavy (non-hydrogen) atoms. The van der Waals surface area contributed by atoms with Crippen molar-refractivity contribution in [2.24, 2.45) is 5.92 Å². The van der Waals surface area contributed by atoms with Crippen LogP contribution in [0.15, 0.2) is 24.3 Å². The Morgan fingerprint density at radius 1 is 1.00 bits per heavy atom. The minimum atomic E-state index is -4.26. The Balaban J connectivity index is 3.18. The van der Waals surface area contributed by atoms with E-state index < -0.39 is 11.7 Å². The maximum absolute atomic E-state index is 12.6. The molecule has 0 aromatic heterocycles. The summed E-state index contributed by atoms with van der Waals surface area (Å²) in [6.45, 7) is 7.96. The number of rotatable bonds is 2. The maximum atomic E-state index is 12.6. The van der Waals surface area contributed by atoms with Gasteiger partial charge in [0.1, 0.15) is 0 Å². The zero-order valence-corrected chi connectivity index (χ0v) is 10.0. The van der Waals surface area contributed by atoms with Gasteiger partial charge in [-0.05, 0) is 23.0 Å². The summed E-state index contributed by atoms with van der Waals surface area (Å²) in [5.74, 6) is 0.288. The van der Waals surface area contributed by atoms with E-state index in [2.05, 4.69) is 0 Å². The van der Waals surface area contributed by atoms with Crippen molar-refractivity contribution in [2.75, 3.05) is 0 Å². The van der Waals surface area contributed by atoms with Gasteiger partial charge in [-0.1, -0.05) is 45.9 Å². The quantitative estimate of drug-likeness (QED) is 0.694. The molecule has 3 heteroatoms. The van der Waals surface area contributed by atoms with Gasteiger partial charge in [0.2, 0.25) is 0 Å². The molecule has 0 radical (unpaired) electrons. The monoisotopic (exact) mass is 230 g/mol. The molecule has 0 N–H and O–H groups in total. The molecule has 0 heterocycles. The maximum Gasteiger partial charge on any atom is 0.416 e. The van der Waals surface area contributed by atoms with Crippen LogP contribution in [0.1, 0.15) is 38.8 Å². The fourth-order valence-electron chi connectivity index (χ4n) is 1.43. The molecule has 90 valence electrons. The van der Waals surface area contributed by atoms with Gasteiger partial charge < -0.3 is 0 Å². The minimum absolute atomic E-state index is 0.249. The first-order valence-electron chi connectivity index (χ1n) is 5.33. The normalized spacial score (nSPS) is 13.2. The SMILES string of the molecule is CC(C)C(C)(C)c1cccc(C(F)(F)F)c1. The van der Waals surface area contributed by atoms with E-state index in [0.717, 1.165) is 11.6 Å². The van der Waals surface area contributed by atoms with Gasteiger partial charge in [0.05, 0.1) is 5.56 Å². The molecule has 0 saturated heterocycles. The van der Waals surface area contributed by atoms with Crippen molar-refractivity contribution < 1.29 is 13.2 Å². The smallest absolute Gasteiger partial charge is 0.166 e. The van der Waals surface area contributed by atoms with E-state index in [4.69, 9.17) is 0 Å². The highest BCUT2D eigenvalue weighted by atomic mass is 19.4. The van der Waals surface area contributed by atoms with Crippen molar-refractivity contribution in [1.82, 2.24) is 0 Å². The molecule has 0 unspecified atom stereocenters. The van der Waals surface area contributed by atoms with E-state index in [9.17, 15) is 13.2 Å². The summed E-state index contributed by atoms with van der Waals surface area (Å²) in [6, 6.07) is 5.59. The van der Waals surface area contributed by atoms with Gasteiger partial charge in [0.15, 0.2) is 0 Å². The predicted molar refractivity (Wildman–Crippen MR) is 59.3 cm³/mol. The summed E-state index contributed by atoms with van der Waals surface area (Å²) in [4.78, 5) is 0. The first kappa shape index (κ1) is 13.1.